The van der Waals surface area contributed by atoms with Crippen molar-refractivity contribution in [3.8, 4) is 0 Å². The van der Waals surface area contributed by atoms with Gasteiger partial charge in [0.2, 0.25) is 0 Å². The number of hydrogen-bond acceptors (Lipinski definition) is 1. The maximum atomic E-state index is 13.4. The highest BCUT2D eigenvalue weighted by atomic mass is 19.1. The van der Waals surface area contributed by atoms with Gasteiger partial charge in [-0.1, -0.05) is 12.8 Å². The SMILES string of the molecule is NCC1CCCCC1n1ccc2ccc(F)cc21. The van der Waals surface area contributed by atoms with Crippen LogP contribution in [0.1, 0.15) is 31.7 Å². The molecule has 2 nitrogen and oxygen atoms in total. The van der Waals surface area contributed by atoms with E-state index in [1.54, 1.807) is 6.07 Å². The molecule has 3 heteroatoms. The smallest absolute Gasteiger partial charge is 0.125 e. The van der Waals surface area contributed by atoms with Gasteiger partial charge in [0.25, 0.3) is 0 Å². The highest BCUT2D eigenvalue weighted by molar-refractivity contribution is 5.80. The van der Waals surface area contributed by atoms with Crippen molar-refractivity contribution in [1.29, 1.82) is 0 Å². The predicted molar refractivity (Wildman–Crippen MR) is 71.9 cm³/mol. The maximum absolute atomic E-state index is 13.4. The first-order valence-electron chi connectivity index (χ1n) is 6.76. The van der Waals surface area contributed by atoms with Crippen molar-refractivity contribution < 1.29 is 4.39 Å². The molecule has 0 saturated heterocycles. The molecule has 2 atom stereocenters. The second-order valence-corrected chi connectivity index (χ2v) is 5.27. The molecule has 96 valence electrons. The Morgan fingerprint density at radius 1 is 1.22 bits per heavy atom. The van der Waals surface area contributed by atoms with E-state index in [0.717, 1.165) is 23.9 Å². The fraction of sp³-hybridized carbons (Fsp3) is 0.467. The lowest BCUT2D eigenvalue weighted by Crippen LogP contribution is -2.28. The molecule has 0 bridgehead atoms. The second-order valence-electron chi connectivity index (χ2n) is 5.27. The Morgan fingerprint density at radius 3 is 2.89 bits per heavy atom. The van der Waals surface area contributed by atoms with Crippen LogP contribution in [0.3, 0.4) is 0 Å². The number of nitrogens with zero attached hydrogens (tertiary/aromatic N) is 1. The van der Waals surface area contributed by atoms with E-state index in [4.69, 9.17) is 5.73 Å². The second kappa shape index (κ2) is 4.73. The van der Waals surface area contributed by atoms with Gasteiger partial charge in [-0.3, -0.25) is 0 Å². The van der Waals surface area contributed by atoms with Crippen LogP contribution >= 0.6 is 0 Å². The van der Waals surface area contributed by atoms with Gasteiger partial charge in [0.15, 0.2) is 0 Å². The van der Waals surface area contributed by atoms with Gasteiger partial charge in [0.05, 0.1) is 5.52 Å². The summed E-state index contributed by atoms with van der Waals surface area (Å²) in [6.45, 7) is 0.722. The van der Waals surface area contributed by atoms with Crippen molar-refractivity contribution in [3.05, 3.63) is 36.3 Å². The lowest BCUT2D eigenvalue weighted by molar-refractivity contribution is 0.250. The van der Waals surface area contributed by atoms with Crippen LogP contribution in [0.25, 0.3) is 10.9 Å². The fourth-order valence-corrected chi connectivity index (χ4v) is 3.24. The van der Waals surface area contributed by atoms with E-state index in [0.29, 0.717) is 12.0 Å². The van der Waals surface area contributed by atoms with Crippen molar-refractivity contribution in [2.24, 2.45) is 11.7 Å². The van der Waals surface area contributed by atoms with Crippen LogP contribution in [-0.2, 0) is 0 Å². The zero-order valence-corrected chi connectivity index (χ0v) is 10.5. The largest absolute Gasteiger partial charge is 0.344 e. The molecule has 1 aromatic carbocycles. The molecule has 1 aromatic heterocycles. The Balaban J connectivity index is 2.04. The van der Waals surface area contributed by atoms with Gasteiger partial charge in [-0.25, -0.2) is 4.39 Å². The lowest BCUT2D eigenvalue weighted by atomic mass is 9.84. The number of nitrogens with two attached hydrogens (primary N) is 1. The van der Waals surface area contributed by atoms with Crippen molar-refractivity contribution in [2.75, 3.05) is 6.54 Å². The highest BCUT2D eigenvalue weighted by Crippen LogP contribution is 2.35. The molecule has 0 aliphatic heterocycles. The Bertz CT molecular complexity index is 546. The Morgan fingerprint density at radius 2 is 2.06 bits per heavy atom. The van der Waals surface area contributed by atoms with E-state index in [-0.39, 0.29) is 5.82 Å². The minimum Gasteiger partial charge on any atom is -0.344 e. The number of rotatable bonds is 2. The zero-order chi connectivity index (χ0) is 12.5. The normalized spacial score (nSPS) is 24.6. The summed E-state index contributed by atoms with van der Waals surface area (Å²) in [6, 6.07) is 7.51. The van der Waals surface area contributed by atoms with Crippen molar-refractivity contribution in [1.82, 2.24) is 4.57 Å². The van der Waals surface area contributed by atoms with E-state index in [1.807, 2.05) is 6.07 Å². The minimum atomic E-state index is -0.164. The molecule has 18 heavy (non-hydrogen) atoms. The molecule has 3 rings (SSSR count). The fourth-order valence-electron chi connectivity index (χ4n) is 3.24. The average molecular weight is 246 g/mol. The molecule has 1 heterocycles. The van der Waals surface area contributed by atoms with Gasteiger partial charge in [-0.2, -0.15) is 0 Å². The molecule has 2 N–H and O–H groups in total. The number of hydrogen-bond donors (Lipinski definition) is 1. The molecule has 0 amide bonds. The predicted octanol–water partition coefficient (Wildman–Crippen LogP) is 3.47. The number of fused-ring (bicyclic) bond motifs is 1. The van der Waals surface area contributed by atoms with Crippen LogP contribution in [0.15, 0.2) is 30.5 Å². The monoisotopic (exact) mass is 246 g/mol. The van der Waals surface area contributed by atoms with Crippen LogP contribution in [0.4, 0.5) is 4.39 Å². The summed E-state index contributed by atoms with van der Waals surface area (Å²) in [5.41, 5.74) is 6.89. The lowest BCUT2D eigenvalue weighted by Gasteiger charge is -2.32. The van der Waals surface area contributed by atoms with Gasteiger partial charge in [-0.05, 0) is 55.0 Å². The molecule has 1 aliphatic carbocycles. The number of benzene rings is 1. The topological polar surface area (TPSA) is 30.9 Å². The van der Waals surface area contributed by atoms with E-state index in [9.17, 15) is 4.39 Å². The average Bonchev–Trinajstić information content (AvgIpc) is 2.81. The van der Waals surface area contributed by atoms with Crippen molar-refractivity contribution >= 4 is 10.9 Å². The van der Waals surface area contributed by atoms with Gasteiger partial charge >= 0.3 is 0 Å². The zero-order valence-electron chi connectivity index (χ0n) is 10.5. The van der Waals surface area contributed by atoms with E-state index < -0.39 is 0 Å². The highest BCUT2D eigenvalue weighted by Gasteiger charge is 2.25. The minimum absolute atomic E-state index is 0.164. The molecule has 1 aliphatic rings. The molecule has 2 unspecified atom stereocenters. The summed E-state index contributed by atoms with van der Waals surface area (Å²) in [7, 11) is 0. The van der Waals surface area contributed by atoms with Gasteiger partial charge in [0, 0.05) is 12.2 Å². The van der Waals surface area contributed by atoms with Gasteiger partial charge in [0.1, 0.15) is 5.82 Å². The quantitative estimate of drug-likeness (QED) is 0.864. The summed E-state index contributed by atoms with van der Waals surface area (Å²) in [5.74, 6) is 0.361. The van der Waals surface area contributed by atoms with E-state index in [1.165, 1.54) is 25.3 Å². The van der Waals surface area contributed by atoms with Crippen molar-refractivity contribution in [3.63, 3.8) is 0 Å². The Labute approximate surface area is 107 Å². The first-order valence-corrected chi connectivity index (χ1v) is 6.76. The third-order valence-electron chi connectivity index (χ3n) is 4.21. The summed E-state index contributed by atoms with van der Waals surface area (Å²) >= 11 is 0. The molecular formula is C15H19FN2. The first-order chi connectivity index (χ1) is 8.79. The van der Waals surface area contributed by atoms with E-state index in [2.05, 4.69) is 16.8 Å². The molecular weight excluding hydrogens is 227 g/mol. The number of halogens is 1. The summed E-state index contributed by atoms with van der Waals surface area (Å²) in [5, 5.41) is 1.11. The summed E-state index contributed by atoms with van der Waals surface area (Å²) in [6.07, 6.45) is 6.95. The third-order valence-corrected chi connectivity index (χ3v) is 4.21. The molecule has 2 aromatic rings. The van der Waals surface area contributed by atoms with Crippen molar-refractivity contribution in [2.45, 2.75) is 31.7 Å². The Hall–Kier alpha value is -1.35. The molecule has 1 saturated carbocycles. The van der Waals surface area contributed by atoms with Crippen LogP contribution in [0.5, 0.6) is 0 Å². The van der Waals surface area contributed by atoms with Crippen LogP contribution in [-0.4, -0.2) is 11.1 Å². The van der Waals surface area contributed by atoms with Gasteiger partial charge < -0.3 is 10.3 Å². The third kappa shape index (κ3) is 1.93. The molecule has 0 spiro atoms. The van der Waals surface area contributed by atoms with Crippen LogP contribution in [0.2, 0.25) is 0 Å². The Kier molecular flexibility index (Phi) is 3.08. The van der Waals surface area contributed by atoms with Gasteiger partial charge in [-0.15, -0.1) is 0 Å². The number of aromatic nitrogens is 1. The first kappa shape index (κ1) is 11.7. The molecule has 1 fully saturated rings. The van der Waals surface area contributed by atoms with Crippen LogP contribution < -0.4 is 5.73 Å². The summed E-state index contributed by atoms with van der Waals surface area (Å²) in [4.78, 5) is 0. The summed E-state index contributed by atoms with van der Waals surface area (Å²) < 4.78 is 15.6. The molecule has 0 radical (unpaired) electrons. The maximum Gasteiger partial charge on any atom is 0.125 e. The standard InChI is InChI=1S/C15H19FN2/c16-13-6-5-11-7-8-18(15(11)9-13)14-4-2-1-3-12(14)10-17/h5-9,12,14H,1-4,10,17H2. The van der Waals surface area contributed by atoms with Crippen LogP contribution in [0, 0.1) is 11.7 Å². The van der Waals surface area contributed by atoms with E-state index >= 15 is 0 Å².